The summed E-state index contributed by atoms with van der Waals surface area (Å²) in [4.78, 5) is 15.0. The van der Waals surface area contributed by atoms with Gasteiger partial charge in [0.25, 0.3) is 5.91 Å². The van der Waals surface area contributed by atoms with E-state index in [1.165, 1.54) is 25.9 Å². The van der Waals surface area contributed by atoms with Crippen LogP contribution >= 0.6 is 0 Å². The van der Waals surface area contributed by atoms with Crippen LogP contribution < -0.4 is 10.1 Å². The number of hydrogen-bond acceptors (Lipinski definition) is 4. The molecule has 27 heavy (non-hydrogen) atoms. The maximum atomic E-state index is 12.5. The van der Waals surface area contributed by atoms with Gasteiger partial charge in [-0.25, -0.2) is 4.68 Å². The van der Waals surface area contributed by atoms with E-state index >= 15 is 0 Å². The largest absolute Gasteiger partial charge is 0.493 e. The van der Waals surface area contributed by atoms with E-state index in [0.717, 1.165) is 31.0 Å². The van der Waals surface area contributed by atoms with E-state index in [2.05, 4.69) is 22.2 Å². The average molecular weight is 370 g/mol. The molecule has 1 aromatic carbocycles. The summed E-state index contributed by atoms with van der Waals surface area (Å²) in [7, 11) is 1.56. The Kier molecular flexibility index (Phi) is 6.87. The third-order valence-corrected chi connectivity index (χ3v) is 5.06. The first-order chi connectivity index (χ1) is 13.2. The molecule has 6 nitrogen and oxygen atoms in total. The van der Waals surface area contributed by atoms with Crippen molar-refractivity contribution in [2.24, 2.45) is 5.92 Å². The molecule has 0 spiro atoms. The highest BCUT2D eigenvalue weighted by atomic mass is 16.5. The fourth-order valence-electron chi connectivity index (χ4n) is 3.61. The number of likely N-dealkylation sites (tertiary alicyclic amines) is 1. The first-order valence-corrected chi connectivity index (χ1v) is 9.87. The Labute approximate surface area is 161 Å². The lowest BCUT2D eigenvalue weighted by molar-refractivity contribution is 0.0944. The highest BCUT2D eigenvalue weighted by Crippen LogP contribution is 2.19. The summed E-state index contributed by atoms with van der Waals surface area (Å²) in [5.74, 6) is 1.11. The molecule has 1 unspecified atom stereocenters. The number of nitrogens with one attached hydrogen (secondary N) is 1. The number of piperidine rings is 1. The maximum absolute atomic E-state index is 12.5. The minimum Gasteiger partial charge on any atom is -0.493 e. The number of unbranched alkanes of at least 4 members (excludes halogenated alkanes) is 1. The number of benzene rings is 1. The van der Waals surface area contributed by atoms with Gasteiger partial charge in [0.05, 0.1) is 19.0 Å². The van der Waals surface area contributed by atoms with E-state index in [-0.39, 0.29) is 5.91 Å². The van der Waals surface area contributed by atoms with Gasteiger partial charge in [0.1, 0.15) is 0 Å². The highest BCUT2D eigenvalue weighted by molar-refractivity contribution is 5.94. The van der Waals surface area contributed by atoms with Crippen LogP contribution in [0, 0.1) is 5.92 Å². The van der Waals surface area contributed by atoms with Gasteiger partial charge in [-0.05, 0) is 56.8 Å². The van der Waals surface area contributed by atoms with Crippen LogP contribution in [-0.4, -0.2) is 53.9 Å². The molecular formula is C21H30N4O2. The van der Waals surface area contributed by atoms with Crippen LogP contribution in [0.15, 0.2) is 36.5 Å². The standard InChI is InChI=1S/C21H30N4O2/c1-17-9-8-14-24(15-17)13-7-6-12-22-21(26)20-19(27-2)16-25(23-20)18-10-4-3-5-11-18/h3-5,10-11,16-17H,6-9,12-15H2,1-2H3,(H,22,26). The molecule has 1 fully saturated rings. The van der Waals surface area contributed by atoms with Crippen molar-refractivity contribution in [3.63, 3.8) is 0 Å². The molecule has 0 aliphatic carbocycles. The normalized spacial score (nSPS) is 17.6. The predicted molar refractivity (Wildman–Crippen MR) is 107 cm³/mol. The van der Waals surface area contributed by atoms with Crippen LogP contribution in [0.4, 0.5) is 0 Å². The summed E-state index contributed by atoms with van der Waals surface area (Å²) in [5, 5.41) is 7.37. The second kappa shape index (κ2) is 9.55. The summed E-state index contributed by atoms with van der Waals surface area (Å²) < 4.78 is 7.01. The Morgan fingerprint density at radius 3 is 2.85 bits per heavy atom. The fourth-order valence-corrected chi connectivity index (χ4v) is 3.61. The van der Waals surface area contributed by atoms with Crippen molar-refractivity contribution in [3.8, 4) is 11.4 Å². The Morgan fingerprint density at radius 2 is 2.11 bits per heavy atom. The lowest BCUT2D eigenvalue weighted by Crippen LogP contribution is -2.35. The van der Waals surface area contributed by atoms with Crippen molar-refractivity contribution < 1.29 is 9.53 Å². The van der Waals surface area contributed by atoms with Crippen LogP contribution in [0.1, 0.15) is 43.1 Å². The smallest absolute Gasteiger partial charge is 0.275 e. The number of ether oxygens (including phenoxy) is 1. The van der Waals surface area contributed by atoms with Gasteiger partial charge >= 0.3 is 0 Å². The van der Waals surface area contributed by atoms with Crippen molar-refractivity contribution in [1.82, 2.24) is 20.0 Å². The second-order valence-electron chi connectivity index (χ2n) is 7.34. The number of amides is 1. The molecule has 6 heteroatoms. The van der Waals surface area contributed by atoms with Gasteiger partial charge in [-0.1, -0.05) is 25.1 Å². The van der Waals surface area contributed by atoms with Crippen molar-refractivity contribution in [1.29, 1.82) is 0 Å². The first-order valence-electron chi connectivity index (χ1n) is 9.87. The van der Waals surface area contributed by atoms with Gasteiger partial charge in [0.2, 0.25) is 0 Å². The van der Waals surface area contributed by atoms with Crippen LogP contribution in [0.25, 0.3) is 5.69 Å². The van der Waals surface area contributed by atoms with Gasteiger partial charge in [-0.2, -0.15) is 5.10 Å². The van der Waals surface area contributed by atoms with Gasteiger partial charge in [0.15, 0.2) is 11.4 Å². The van der Waals surface area contributed by atoms with Gasteiger partial charge in [-0.15, -0.1) is 0 Å². The Balaban J connectivity index is 1.47. The average Bonchev–Trinajstić information content (AvgIpc) is 3.13. The number of para-hydroxylation sites is 1. The fraction of sp³-hybridized carbons (Fsp3) is 0.524. The topological polar surface area (TPSA) is 59.4 Å². The molecule has 1 saturated heterocycles. The molecule has 1 aliphatic heterocycles. The van der Waals surface area contributed by atoms with E-state index in [9.17, 15) is 4.79 Å². The summed E-state index contributed by atoms with van der Waals surface area (Å²) >= 11 is 0. The molecule has 1 aromatic heterocycles. The van der Waals surface area contributed by atoms with E-state index in [0.29, 0.717) is 18.0 Å². The van der Waals surface area contributed by atoms with Crippen molar-refractivity contribution in [3.05, 3.63) is 42.2 Å². The molecular weight excluding hydrogens is 340 g/mol. The molecule has 2 heterocycles. The Morgan fingerprint density at radius 1 is 1.30 bits per heavy atom. The molecule has 0 saturated carbocycles. The van der Waals surface area contributed by atoms with Crippen molar-refractivity contribution >= 4 is 5.91 Å². The molecule has 0 radical (unpaired) electrons. The number of nitrogens with zero attached hydrogens (tertiary/aromatic N) is 3. The predicted octanol–water partition coefficient (Wildman–Crippen LogP) is 3.12. The summed E-state index contributed by atoms with van der Waals surface area (Å²) in [6.07, 6.45) is 6.47. The quantitative estimate of drug-likeness (QED) is 0.726. The molecule has 3 rings (SSSR count). The van der Waals surface area contributed by atoms with E-state index in [1.54, 1.807) is 18.0 Å². The molecule has 1 atom stereocenters. The lowest BCUT2D eigenvalue weighted by Gasteiger charge is -2.30. The van der Waals surface area contributed by atoms with E-state index in [1.807, 2.05) is 30.3 Å². The summed E-state index contributed by atoms with van der Waals surface area (Å²) in [6.45, 7) is 6.52. The monoisotopic (exact) mass is 370 g/mol. The molecule has 146 valence electrons. The highest BCUT2D eigenvalue weighted by Gasteiger charge is 2.18. The second-order valence-corrected chi connectivity index (χ2v) is 7.34. The maximum Gasteiger partial charge on any atom is 0.275 e. The van der Waals surface area contributed by atoms with Crippen molar-refractivity contribution in [2.45, 2.75) is 32.6 Å². The zero-order valence-corrected chi connectivity index (χ0v) is 16.4. The molecule has 0 bridgehead atoms. The van der Waals surface area contributed by atoms with Crippen molar-refractivity contribution in [2.75, 3.05) is 33.3 Å². The number of carbonyl (C=O) groups is 1. The number of methoxy groups -OCH3 is 1. The summed E-state index contributed by atoms with van der Waals surface area (Å²) in [5.41, 5.74) is 1.22. The minimum atomic E-state index is -0.187. The van der Waals surface area contributed by atoms with E-state index in [4.69, 9.17) is 4.74 Å². The number of carbonyl (C=O) groups excluding carboxylic acids is 1. The molecule has 2 aromatic rings. The summed E-state index contributed by atoms with van der Waals surface area (Å²) in [6, 6.07) is 9.70. The zero-order valence-electron chi connectivity index (χ0n) is 16.4. The van der Waals surface area contributed by atoms with Crippen LogP contribution in [0.2, 0.25) is 0 Å². The van der Waals surface area contributed by atoms with Gasteiger partial charge < -0.3 is 15.0 Å². The van der Waals surface area contributed by atoms with Crippen LogP contribution in [0.3, 0.4) is 0 Å². The number of rotatable bonds is 8. The zero-order chi connectivity index (χ0) is 19.1. The third-order valence-electron chi connectivity index (χ3n) is 5.06. The van der Waals surface area contributed by atoms with Crippen LogP contribution in [-0.2, 0) is 0 Å². The Hall–Kier alpha value is -2.34. The van der Waals surface area contributed by atoms with E-state index < -0.39 is 0 Å². The molecule has 1 amide bonds. The first kappa shape index (κ1) is 19.4. The lowest BCUT2D eigenvalue weighted by atomic mass is 10.0. The SMILES string of the molecule is COc1cn(-c2ccccc2)nc1C(=O)NCCCCN1CCCC(C)C1. The van der Waals surface area contributed by atoms with Gasteiger partial charge in [0, 0.05) is 13.1 Å². The third kappa shape index (κ3) is 5.32. The molecule has 1 aliphatic rings. The number of aromatic nitrogens is 2. The van der Waals surface area contributed by atoms with Crippen LogP contribution in [0.5, 0.6) is 5.75 Å². The minimum absolute atomic E-state index is 0.187. The molecule has 1 N–H and O–H groups in total. The van der Waals surface area contributed by atoms with Gasteiger partial charge in [-0.3, -0.25) is 4.79 Å². The Bertz CT molecular complexity index is 729. The number of hydrogen-bond donors (Lipinski definition) is 1.